The number of thioether (sulfide) groups is 1. The summed E-state index contributed by atoms with van der Waals surface area (Å²) < 4.78 is 10.6. The summed E-state index contributed by atoms with van der Waals surface area (Å²) in [4.78, 5) is 22.6. The molecule has 2 saturated heterocycles. The summed E-state index contributed by atoms with van der Waals surface area (Å²) in [5.74, 6) is -0.557. The van der Waals surface area contributed by atoms with Crippen LogP contribution in [-0.4, -0.2) is 47.1 Å². The summed E-state index contributed by atoms with van der Waals surface area (Å²) in [6.07, 6.45) is 12.0. The number of nitrogens with one attached hydrogen (secondary N) is 1. The molecule has 1 amide bonds. The average molecular weight is 412 g/mol. The Morgan fingerprint density at radius 3 is 3.00 bits per heavy atom. The molecule has 2 unspecified atom stereocenters. The number of carbonyl (C=O) groups excluding carboxylic acids is 2. The zero-order chi connectivity index (χ0) is 20.6. The molecule has 0 aliphatic carbocycles. The zero-order valence-electron chi connectivity index (χ0n) is 17.1. The van der Waals surface area contributed by atoms with Gasteiger partial charge in [0.15, 0.2) is 5.79 Å². The molecule has 0 radical (unpaired) electrons. The highest BCUT2D eigenvalue weighted by molar-refractivity contribution is 8.14. The lowest BCUT2D eigenvalue weighted by Crippen LogP contribution is -2.55. The van der Waals surface area contributed by atoms with E-state index in [9.17, 15) is 14.7 Å². The van der Waals surface area contributed by atoms with Crippen molar-refractivity contribution in [3.05, 3.63) is 23.8 Å². The van der Waals surface area contributed by atoms with E-state index in [0.717, 1.165) is 44.1 Å². The Labute approximate surface area is 172 Å². The van der Waals surface area contributed by atoms with Crippen LogP contribution >= 0.6 is 11.8 Å². The van der Waals surface area contributed by atoms with E-state index in [1.54, 1.807) is 0 Å². The van der Waals surface area contributed by atoms with Crippen molar-refractivity contribution in [3.8, 4) is 0 Å². The summed E-state index contributed by atoms with van der Waals surface area (Å²) in [6, 6.07) is -0.314. The molecular weight excluding hydrogens is 378 g/mol. The van der Waals surface area contributed by atoms with E-state index in [1.807, 2.05) is 6.92 Å². The molecule has 2 heterocycles. The first kappa shape index (κ1) is 23.0. The van der Waals surface area contributed by atoms with Gasteiger partial charge in [-0.3, -0.25) is 4.79 Å². The molecule has 0 bridgehead atoms. The predicted octanol–water partition coefficient (Wildman–Crippen LogP) is 3.94. The van der Waals surface area contributed by atoms with Gasteiger partial charge < -0.3 is 19.9 Å². The van der Waals surface area contributed by atoms with Crippen LogP contribution in [0.25, 0.3) is 0 Å². The monoisotopic (exact) mass is 411 g/mol. The van der Waals surface area contributed by atoms with Crippen molar-refractivity contribution in [1.29, 1.82) is 0 Å². The van der Waals surface area contributed by atoms with Gasteiger partial charge in [-0.15, -0.1) is 0 Å². The second-order valence-electron chi connectivity index (χ2n) is 7.81. The van der Waals surface area contributed by atoms with Crippen molar-refractivity contribution in [2.45, 2.75) is 76.7 Å². The molecule has 2 N–H and O–H groups in total. The summed E-state index contributed by atoms with van der Waals surface area (Å²) in [7, 11) is 1.38. The fraction of sp³-hybridized carbons (Fsp3) is 0.714. The Bertz CT molecular complexity index is 606. The molecule has 28 heavy (non-hydrogen) atoms. The predicted molar refractivity (Wildman–Crippen MR) is 111 cm³/mol. The Morgan fingerprint density at radius 1 is 1.54 bits per heavy atom. The van der Waals surface area contributed by atoms with Crippen LogP contribution in [0.3, 0.4) is 0 Å². The third-order valence-corrected chi connectivity index (χ3v) is 6.21. The van der Waals surface area contributed by atoms with Crippen LogP contribution < -0.4 is 5.32 Å². The zero-order valence-corrected chi connectivity index (χ0v) is 17.9. The van der Waals surface area contributed by atoms with Gasteiger partial charge >= 0.3 is 5.97 Å². The van der Waals surface area contributed by atoms with E-state index in [0.29, 0.717) is 18.1 Å². The molecule has 2 aliphatic rings. The van der Waals surface area contributed by atoms with E-state index in [2.05, 4.69) is 29.1 Å². The first-order valence-electron chi connectivity index (χ1n) is 10.1. The summed E-state index contributed by atoms with van der Waals surface area (Å²) in [5.41, 5.74) is 1.01. The maximum atomic E-state index is 11.4. The van der Waals surface area contributed by atoms with E-state index in [1.165, 1.54) is 24.9 Å². The fourth-order valence-corrected chi connectivity index (χ4v) is 4.48. The summed E-state index contributed by atoms with van der Waals surface area (Å²) in [6.45, 7) is 4.11. The Hall–Kier alpha value is -1.31. The summed E-state index contributed by atoms with van der Waals surface area (Å²) in [5, 5.41) is 13.6. The number of methoxy groups -OCH3 is 1. The number of hydrogen-bond donors (Lipinski definition) is 2. The highest BCUT2D eigenvalue weighted by Gasteiger charge is 2.45. The minimum Gasteiger partial charge on any atom is -0.466 e. The molecule has 0 aromatic heterocycles. The maximum absolute atomic E-state index is 11.4. The van der Waals surface area contributed by atoms with Crippen molar-refractivity contribution >= 4 is 23.0 Å². The van der Waals surface area contributed by atoms with Crippen molar-refractivity contribution in [2.24, 2.45) is 5.92 Å². The molecule has 7 heteroatoms. The molecule has 4 atom stereocenters. The van der Waals surface area contributed by atoms with Crippen molar-refractivity contribution in [3.63, 3.8) is 0 Å². The first-order valence-corrected chi connectivity index (χ1v) is 11.1. The van der Waals surface area contributed by atoms with Gasteiger partial charge in [0, 0.05) is 18.2 Å². The number of rotatable bonds is 9. The smallest absolute Gasteiger partial charge is 0.330 e. The molecule has 6 nitrogen and oxygen atoms in total. The third-order valence-electron chi connectivity index (χ3n) is 5.33. The Kier molecular flexibility index (Phi) is 9.05. The van der Waals surface area contributed by atoms with Gasteiger partial charge in [-0.1, -0.05) is 36.4 Å². The first-order chi connectivity index (χ1) is 13.3. The molecule has 2 fully saturated rings. The second kappa shape index (κ2) is 11.0. The molecule has 158 valence electrons. The second-order valence-corrected chi connectivity index (χ2v) is 8.80. The number of hydrogen-bond acceptors (Lipinski definition) is 6. The van der Waals surface area contributed by atoms with E-state index in [4.69, 9.17) is 4.74 Å². The average Bonchev–Trinajstić information content (AvgIpc) is 3.11. The van der Waals surface area contributed by atoms with E-state index in [-0.39, 0.29) is 23.4 Å². The van der Waals surface area contributed by atoms with Crippen LogP contribution in [0.2, 0.25) is 0 Å². The van der Waals surface area contributed by atoms with Gasteiger partial charge in [0.05, 0.1) is 19.3 Å². The molecule has 2 aliphatic heterocycles. The van der Waals surface area contributed by atoms with Gasteiger partial charge in [0.25, 0.3) is 5.24 Å². The van der Waals surface area contributed by atoms with Gasteiger partial charge in [-0.2, -0.15) is 0 Å². The van der Waals surface area contributed by atoms with Gasteiger partial charge in [0.2, 0.25) is 0 Å². The number of amides is 1. The standard InChI is InChI=1S/C21H33NO5S/c1-15(7-4-5-8-16(2)13-19(23)26-3)10-11-17-9-6-12-21(25,27-17)18-14-28-20(24)22-18/h4,7,13,15,17-18,25H,5-6,8-12,14H2,1-3H3,(H,22,24)/b7-4-,16-13-/t15?,17-,18?,21+/m0/s1. The highest BCUT2D eigenvalue weighted by Crippen LogP contribution is 2.35. The van der Waals surface area contributed by atoms with Crippen LogP contribution in [0.4, 0.5) is 4.79 Å². The van der Waals surface area contributed by atoms with Gasteiger partial charge in [-0.05, 0) is 51.4 Å². The minimum atomic E-state index is -1.23. The lowest BCUT2D eigenvalue weighted by atomic mass is 9.92. The summed E-state index contributed by atoms with van der Waals surface area (Å²) >= 11 is 1.21. The molecular formula is C21H33NO5S. The number of esters is 1. The minimum absolute atomic E-state index is 0.0299. The highest BCUT2D eigenvalue weighted by atomic mass is 32.2. The van der Waals surface area contributed by atoms with E-state index < -0.39 is 5.79 Å². The number of allylic oxidation sites excluding steroid dienone is 3. The quantitative estimate of drug-likeness (QED) is 0.340. The fourth-order valence-electron chi connectivity index (χ4n) is 3.59. The molecule has 2 rings (SSSR count). The number of ether oxygens (including phenoxy) is 2. The molecule has 0 spiro atoms. The third kappa shape index (κ3) is 7.26. The number of aliphatic hydroxyl groups is 1. The molecule has 0 aromatic rings. The maximum Gasteiger partial charge on any atom is 0.330 e. The van der Waals surface area contributed by atoms with Crippen LogP contribution in [-0.2, 0) is 14.3 Å². The van der Waals surface area contributed by atoms with Crippen LogP contribution in [0.5, 0.6) is 0 Å². The molecule has 0 aromatic carbocycles. The Morgan fingerprint density at radius 2 is 2.32 bits per heavy atom. The topological polar surface area (TPSA) is 84.9 Å². The lowest BCUT2D eigenvalue weighted by molar-refractivity contribution is -0.264. The van der Waals surface area contributed by atoms with Crippen LogP contribution in [0.1, 0.15) is 58.8 Å². The molecule has 0 saturated carbocycles. The van der Waals surface area contributed by atoms with E-state index >= 15 is 0 Å². The number of carbonyl (C=O) groups is 2. The lowest BCUT2D eigenvalue weighted by Gasteiger charge is -2.40. The Balaban J connectivity index is 1.70. The van der Waals surface area contributed by atoms with Gasteiger partial charge in [-0.25, -0.2) is 4.79 Å². The normalized spacial score (nSPS) is 29.7. The van der Waals surface area contributed by atoms with Gasteiger partial charge in [0.1, 0.15) is 0 Å². The van der Waals surface area contributed by atoms with Crippen LogP contribution in [0.15, 0.2) is 23.8 Å². The largest absolute Gasteiger partial charge is 0.466 e. The SMILES string of the molecule is COC(=O)/C=C(/C)CC/C=C\C(C)CC[C@@H]1CCC[C@](O)(C2CSC(=O)N2)O1. The van der Waals surface area contributed by atoms with Crippen molar-refractivity contribution in [2.75, 3.05) is 12.9 Å². The van der Waals surface area contributed by atoms with Crippen molar-refractivity contribution < 1.29 is 24.2 Å². The van der Waals surface area contributed by atoms with Crippen LogP contribution in [0, 0.1) is 5.92 Å². The van der Waals surface area contributed by atoms with Crippen molar-refractivity contribution in [1.82, 2.24) is 5.32 Å².